The highest BCUT2D eigenvalue weighted by molar-refractivity contribution is 6.30. The standard InChI is InChI=1S/C16H12ClN3O4/c1-9-6-11(17)3-2-10(9)8-19-14-7-12(20(23)24)4-5-13(14)15(18-19)16(21)22/h2-7H,8H2,1H3,(H,21,22). The molecule has 0 radical (unpaired) electrons. The zero-order valence-corrected chi connectivity index (χ0v) is 13.3. The van der Waals surface area contributed by atoms with E-state index in [2.05, 4.69) is 5.10 Å². The zero-order valence-electron chi connectivity index (χ0n) is 12.6. The molecule has 1 N–H and O–H groups in total. The summed E-state index contributed by atoms with van der Waals surface area (Å²) in [6.45, 7) is 2.17. The number of nitro groups is 1. The van der Waals surface area contributed by atoms with Crippen molar-refractivity contribution in [3.63, 3.8) is 0 Å². The molecule has 0 aliphatic heterocycles. The number of carboxylic acid groups (broad SMARTS) is 1. The van der Waals surface area contributed by atoms with Crippen LogP contribution in [0.15, 0.2) is 36.4 Å². The van der Waals surface area contributed by atoms with Crippen molar-refractivity contribution in [1.82, 2.24) is 9.78 Å². The fourth-order valence-corrected chi connectivity index (χ4v) is 2.78. The highest BCUT2D eigenvalue weighted by atomic mass is 35.5. The summed E-state index contributed by atoms with van der Waals surface area (Å²) in [6, 6.07) is 9.37. The van der Waals surface area contributed by atoms with Gasteiger partial charge < -0.3 is 5.11 Å². The molecule has 24 heavy (non-hydrogen) atoms. The van der Waals surface area contributed by atoms with E-state index in [4.69, 9.17) is 11.6 Å². The quantitative estimate of drug-likeness (QED) is 0.574. The van der Waals surface area contributed by atoms with E-state index in [1.54, 1.807) is 12.1 Å². The Morgan fingerprint density at radius 2 is 2.08 bits per heavy atom. The van der Waals surface area contributed by atoms with E-state index in [0.29, 0.717) is 15.9 Å². The van der Waals surface area contributed by atoms with Crippen molar-refractivity contribution in [3.8, 4) is 0 Å². The van der Waals surface area contributed by atoms with Crippen molar-refractivity contribution >= 4 is 34.2 Å². The lowest BCUT2D eigenvalue weighted by molar-refractivity contribution is -0.384. The molecule has 3 aromatic rings. The Kier molecular flexibility index (Phi) is 3.94. The molecular formula is C16H12ClN3O4. The summed E-state index contributed by atoms with van der Waals surface area (Å²) in [4.78, 5) is 21.9. The first-order valence-electron chi connectivity index (χ1n) is 7.00. The summed E-state index contributed by atoms with van der Waals surface area (Å²) in [5.41, 5.74) is 1.97. The minimum absolute atomic E-state index is 0.117. The van der Waals surface area contributed by atoms with E-state index < -0.39 is 10.9 Å². The summed E-state index contributed by atoms with van der Waals surface area (Å²) in [6.07, 6.45) is 0. The minimum Gasteiger partial charge on any atom is -0.476 e. The topological polar surface area (TPSA) is 98.3 Å². The molecular weight excluding hydrogens is 334 g/mol. The molecule has 0 bridgehead atoms. The summed E-state index contributed by atoms with van der Waals surface area (Å²) >= 11 is 5.94. The van der Waals surface area contributed by atoms with Crippen molar-refractivity contribution in [2.75, 3.05) is 0 Å². The largest absolute Gasteiger partial charge is 0.476 e. The van der Waals surface area contributed by atoms with Crippen LogP contribution in [0, 0.1) is 17.0 Å². The molecule has 0 fully saturated rings. The van der Waals surface area contributed by atoms with Gasteiger partial charge in [0.1, 0.15) is 0 Å². The van der Waals surface area contributed by atoms with Crippen LogP contribution in [0.1, 0.15) is 21.6 Å². The molecule has 0 atom stereocenters. The summed E-state index contributed by atoms with van der Waals surface area (Å²) in [5.74, 6) is -1.18. The van der Waals surface area contributed by atoms with Crippen molar-refractivity contribution in [2.45, 2.75) is 13.5 Å². The molecule has 2 aromatic carbocycles. The van der Waals surface area contributed by atoms with Gasteiger partial charge in [-0.25, -0.2) is 4.79 Å². The van der Waals surface area contributed by atoms with Crippen LogP contribution in [0.3, 0.4) is 0 Å². The first-order chi connectivity index (χ1) is 11.4. The van der Waals surface area contributed by atoms with E-state index in [0.717, 1.165) is 11.1 Å². The summed E-state index contributed by atoms with van der Waals surface area (Å²) in [5, 5.41) is 25.4. The molecule has 0 aliphatic carbocycles. The first-order valence-corrected chi connectivity index (χ1v) is 7.38. The predicted molar refractivity (Wildman–Crippen MR) is 88.6 cm³/mol. The number of non-ortho nitro benzene ring substituents is 1. The Bertz CT molecular complexity index is 981. The number of carbonyl (C=O) groups is 1. The monoisotopic (exact) mass is 345 g/mol. The number of aromatic carboxylic acids is 1. The van der Waals surface area contributed by atoms with E-state index >= 15 is 0 Å². The SMILES string of the molecule is Cc1cc(Cl)ccc1Cn1nc(C(=O)O)c2ccc([N+](=O)[O-])cc21. The second kappa shape index (κ2) is 5.93. The number of hydrogen-bond donors (Lipinski definition) is 1. The Hall–Kier alpha value is -2.93. The van der Waals surface area contributed by atoms with Crippen LogP contribution in [0.4, 0.5) is 5.69 Å². The van der Waals surface area contributed by atoms with Gasteiger partial charge in [-0.05, 0) is 36.2 Å². The fraction of sp³-hybridized carbons (Fsp3) is 0.125. The van der Waals surface area contributed by atoms with Crippen LogP contribution in [0.25, 0.3) is 10.9 Å². The third-order valence-corrected chi connectivity index (χ3v) is 4.01. The van der Waals surface area contributed by atoms with E-state index in [-0.39, 0.29) is 17.9 Å². The van der Waals surface area contributed by atoms with Crippen molar-refractivity contribution in [1.29, 1.82) is 0 Å². The van der Waals surface area contributed by atoms with Gasteiger partial charge in [0.15, 0.2) is 5.69 Å². The number of nitro benzene ring substituents is 1. The second-order valence-corrected chi connectivity index (χ2v) is 5.78. The van der Waals surface area contributed by atoms with Crippen molar-refractivity contribution in [3.05, 3.63) is 68.4 Å². The number of hydrogen-bond acceptors (Lipinski definition) is 4. The molecule has 0 saturated carbocycles. The maximum Gasteiger partial charge on any atom is 0.357 e. The Labute approximate surface area is 141 Å². The van der Waals surface area contributed by atoms with Gasteiger partial charge in [0.05, 0.1) is 17.0 Å². The smallest absolute Gasteiger partial charge is 0.357 e. The lowest BCUT2D eigenvalue weighted by Crippen LogP contribution is -2.05. The molecule has 7 nitrogen and oxygen atoms in total. The Morgan fingerprint density at radius 1 is 1.33 bits per heavy atom. The van der Waals surface area contributed by atoms with Crippen LogP contribution in [-0.4, -0.2) is 25.8 Å². The zero-order chi connectivity index (χ0) is 17.4. The number of aromatic nitrogens is 2. The highest BCUT2D eigenvalue weighted by Crippen LogP contribution is 2.25. The van der Waals surface area contributed by atoms with E-state index in [9.17, 15) is 20.0 Å². The Morgan fingerprint density at radius 3 is 2.71 bits per heavy atom. The van der Waals surface area contributed by atoms with E-state index in [1.165, 1.54) is 22.9 Å². The number of fused-ring (bicyclic) bond motifs is 1. The van der Waals surface area contributed by atoms with Crippen molar-refractivity contribution in [2.24, 2.45) is 0 Å². The number of halogens is 1. The van der Waals surface area contributed by atoms with Crippen LogP contribution in [0.2, 0.25) is 5.02 Å². The normalized spacial score (nSPS) is 10.9. The molecule has 3 rings (SSSR count). The molecule has 0 saturated heterocycles. The third-order valence-electron chi connectivity index (χ3n) is 3.77. The lowest BCUT2D eigenvalue weighted by Gasteiger charge is -2.07. The molecule has 1 heterocycles. The summed E-state index contributed by atoms with van der Waals surface area (Å²) in [7, 11) is 0. The molecule has 0 spiro atoms. The second-order valence-electron chi connectivity index (χ2n) is 5.34. The molecule has 8 heteroatoms. The predicted octanol–water partition coefficient (Wildman–Crippen LogP) is 3.65. The van der Waals surface area contributed by atoms with Gasteiger partial charge in [-0.1, -0.05) is 17.7 Å². The van der Waals surface area contributed by atoms with Gasteiger partial charge in [0.2, 0.25) is 0 Å². The number of carboxylic acids is 1. The van der Waals surface area contributed by atoms with Crippen molar-refractivity contribution < 1.29 is 14.8 Å². The summed E-state index contributed by atoms with van der Waals surface area (Å²) < 4.78 is 1.46. The average Bonchev–Trinajstić information content (AvgIpc) is 2.88. The van der Waals surface area contributed by atoms with Gasteiger partial charge in [0, 0.05) is 22.5 Å². The molecule has 0 amide bonds. The molecule has 0 aliphatic rings. The molecule has 122 valence electrons. The van der Waals surface area contributed by atoms with Gasteiger partial charge in [0.25, 0.3) is 5.69 Å². The van der Waals surface area contributed by atoms with Gasteiger partial charge in [-0.15, -0.1) is 0 Å². The number of aryl methyl sites for hydroxylation is 1. The maximum absolute atomic E-state index is 11.4. The van der Waals surface area contributed by atoms with E-state index in [1.807, 2.05) is 13.0 Å². The highest BCUT2D eigenvalue weighted by Gasteiger charge is 2.19. The van der Waals surface area contributed by atoms with Crippen LogP contribution >= 0.6 is 11.6 Å². The fourth-order valence-electron chi connectivity index (χ4n) is 2.55. The number of nitrogens with zero attached hydrogens (tertiary/aromatic N) is 3. The number of benzene rings is 2. The average molecular weight is 346 g/mol. The molecule has 0 unspecified atom stereocenters. The van der Waals surface area contributed by atoms with Gasteiger partial charge >= 0.3 is 5.97 Å². The van der Waals surface area contributed by atoms with Gasteiger partial charge in [-0.2, -0.15) is 5.10 Å². The first kappa shape index (κ1) is 15.9. The maximum atomic E-state index is 11.4. The number of rotatable bonds is 4. The minimum atomic E-state index is -1.18. The Balaban J connectivity index is 2.16. The molecule has 1 aromatic heterocycles. The van der Waals surface area contributed by atoms with Crippen LogP contribution < -0.4 is 0 Å². The van der Waals surface area contributed by atoms with Crippen LogP contribution in [0.5, 0.6) is 0 Å². The third kappa shape index (κ3) is 2.81. The van der Waals surface area contributed by atoms with Gasteiger partial charge in [-0.3, -0.25) is 14.8 Å². The lowest BCUT2D eigenvalue weighted by atomic mass is 10.1. The van der Waals surface area contributed by atoms with Crippen LogP contribution in [-0.2, 0) is 6.54 Å².